The van der Waals surface area contributed by atoms with Gasteiger partial charge in [0.25, 0.3) is 0 Å². The number of fused-ring (bicyclic) bond motifs is 2. The summed E-state index contributed by atoms with van der Waals surface area (Å²) in [6.45, 7) is 5.05. The van der Waals surface area contributed by atoms with Crippen molar-refractivity contribution in [3.63, 3.8) is 0 Å². The fourth-order valence-corrected chi connectivity index (χ4v) is 6.52. The molecule has 3 rings (SSSR count). The van der Waals surface area contributed by atoms with Crippen LogP contribution in [0.2, 0.25) is 0 Å². The maximum Gasteiger partial charge on any atom is 0.220 e. The van der Waals surface area contributed by atoms with E-state index in [0.29, 0.717) is 19.5 Å². The molecule has 0 saturated carbocycles. The van der Waals surface area contributed by atoms with Crippen LogP contribution in [0.3, 0.4) is 0 Å². The maximum atomic E-state index is 12.6. The number of hydrogen-bond acceptors (Lipinski definition) is 3. The van der Waals surface area contributed by atoms with Gasteiger partial charge in [-0.2, -0.15) is 0 Å². The lowest BCUT2D eigenvalue weighted by Crippen LogP contribution is -2.45. The van der Waals surface area contributed by atoms with Crippen LogP contribution >= 0.6 is 0 Å². The van der Waals surface area contributed by atoms with E-state index < -0.39 is 10.0 Å². The van der Waals surface area contributed by atoms with Gasteiger partial charge in [0.1, 0.15) is 0 Å². The number of sulfonamides is 1. The number of amides is 1. The van der Waals surface area contributed by atoms with Gasteiger partial charge >= 0.3 is 0 Å². The highest BCUT2D eigenvalue weighted by molar-refractivity contribution is 7.89. The van der Waals surface area contributed by atoms with Crippen LogP contribution in [0, 0.1) is 5.92 Å². The van der Waals surface area contributed by atoms with Gasteiger partial charge in [-0.3, -0.25) is 4.79 Å². The van der Waals surface area contributed by atoms with Crippen LogP contribution in [0.4, 0.5) is 0 Å². The summed E-state index contributed by atoms with van der Waals surface area (Å²) < 4.78 is 26.8. The van der Waals surface area contributed by atoms with Crippen molar-refractivity contribution in [2.45, 2.75) is 50.9 Å². The van der Waals surface area contributed by atoms with Crippen LogP contribution in [-0.4, -0.2) is 44.5 Å². The molecular weight excluding hydrogens is 348 g/mol. The van der Waals surface area contributed by atoms with Crippen molar-refractivity contribution in [3.8, 4) is 0 Å². The highest BCUT2D eigenvalue weighted by Crippen LogP contribution is 2.52. The number of piperidine rings is 1. The lowest BCUT2D eigenvalue weighted by atomic mass is 9.73. The zero-order valence-corrected chi connectivity index (χ0v) is 16.8. The highest BCUT2D eigenvalue weighted by atomic mass is 32.2. The van der Waals surface area contributed by atoms with E-state index in [2.05, 4.69) is 23.5 Å². The predicted molar refractivity (Wildman–Crippen MR) is 104 cm³/mol. The maximum absolute atomic E-state index is 12.6. The first kappa shape index (κ1) is 19.4. The first-order valence-electron chi connectivity index (χ1n) is 9.55. The zero-order valence-electron chi connectivity index (χ0n) is 16.0. The van der Waals surface area contributed by atoms with E-state index in [-0.39, 0.29) is 28.9 Å². The predicted octanol–water partition coefficient (Wildman–Crippen LogP) is 2.63. The monoisotopic (exact) mass is 378 g/mol. The van der Waals surface area contributed by atoms with E-state index in [1.807, 2.05) is 19.9 Å². The molecule has 1 heterocycles. The second-order valence-electron chi connectivity index (χ2n) is 8.22. The van der Waals surface area contributed by atoms with Gasteiger partial charge in [0.05, 0.1) is 5.75 Å². The van der Waals surface area contributed by atoms with Crippen molar-refractivity contribution in [2.24, 2.45) is 5.92 Å². The van der Waals surface area contributed by atoms with Crippen LogP contribution in [0.1, 0.15) is 56.6 Å². The van der Waals surface area contributed by atoms with Crippen molar-refractivity contribution < 1.29 is 13.2 Å². The van der Waals surface area contributed by atoms with Crippen LogP contribution in [0.15, 0.2) is 24.3 Å². The molecule has 1 saturated heterocycles. The Bertz CT molecular complexity index is 765. The molecule has 1 aliphatic heterocycles. The average Bonchev–Trinajstić information content (AvgIpc) is 2.88. The SMILES string of the molecule is CNC(=O)CC1CC2(CCN(S(=O)(=O)CC(C)C)CC2)c2ccccc21. The van der Waals surface area contributed by atoms with E-state index in [4.69, 9.17) is 0 Å². The largest absolute Gasteiger partial charge is 0.359 e. The van der Waals surface area contributed by atoms with Gasteiger partial charge in [0.15, 0.2) is 0 Å². The molecule has 1 amide bonds. The fourth-order valence-electron chi connectivity index (χ4n) is 4.73. The number of nitrogens with one attached hydrogen (secondary N) is 1. The van der Waals surface area contributed by atoms with Crippen molar-refractivity contribution in [1.29, 1.82) is 0 Å². The molecule has 1 fully saturated rings. The van der Waals surface area contributed by atoms with Gasteiger partial charge in [0, 0.05) is 26.6 Å². The Kier molecular flexibility index (Phi) is 5.45. The van der Waals surface area contributed by atoms with E-state index in [9.17, 15) is 13.2 Å². The molecule has 0 radical (unpaired) electrons. The Morgan fingerprint density at radius 2 is 1.92 bits per heavy atom. The van der Waals surface area contributed by atoms with Crippen LogP contribution < -0.4 is 5.32 Å². The molecule has 1 atom stereocenters. The molecule has 5 nitrogen and oxygen atoms in total. The summed E-state index contributed by atoms with van der Waals surface area (Å²) in [5.74, 6) is 0.652. The summed E-state index contributed by atoms with van der Waals surface area (Å²) in [7, 11) is -1.50. The van der Waals surface area contributed by atoms with Gasteiger partial charge in [-0.15, -0.1) is 0 Å². The Morgan fingerprint density at radius 3 is 2.54 bits per heavy atom. The molecule has 1 unspecified atom stereocenters. The van der Waals surface area contributed by atoms with Crippen molar-refractivity contribution in [2.75, 3.05) is 25.9 Å². The standard InChI is InChI=1S/C20H30N2O3S/c1-15(2)14-26(24,25)22-10-8-20(9-11-22)13-16(12-19(23)21-3)17-6-4-5-7-18(17)20/h4-7,15-16H,8-14H2,1-3H3,(H,21,23). The number of carbonyl (C=O) groups excluding carboxylic acids is 1. The molecule has 1 aliphatic carbocycles. The van der Waals surface area contributed by atoms with E-state index >= 15 is 0 Å². The topological polar surface area (TPSA) is 66.5 Å². The third-order valence-electron chi connectivity index (χ3n) is 5.94. The number of nitrogens with zero attached hydrogens (tertiary/aromatic N) is 1. The molecule has 144 valence electrons. The number of carbonyl (C=O) groups is 1. The molecule has 2 aliphatic rings. The van der Waals surface area contributed by atoms with Gasteiger partial charge in [0.2, 0.25) is 15.9 Å². The Balaban J connectivity index is 1.79. The summed E-state index contributed by atoms with van der Waals surface area (Å²) in [5, 5.41) is 2.73. The summed E-state index contributed by atoms with van der Waals surface area (Å²) in [4.78, 5) is 11.9. The van der Waals surface area contributed by atoms with Crippen LogP contribution in [-0.2, 0) is 20.2 Å². The molecule has 0 aromatic heterocycles. The first-order valence-corrected chi connectivity index (χ1v) is 11.2. The van der Waals surface area contributed by atoms with Gasteiger partial charge < -0.3 is 5.32 Å². The molecular formula is C20H30N2O3S. The molecule has 1 aromatic rings. The number of hydrogen-bond donors (Lipinski definition) is 1. The fraction of sp³-hybridized carbons (Fsp3) is 0.650. The summed E-state index contributed by atoms with van der Waals surface area (Å²) in [6, 6.07) is 8.42. The number of benzene rings is 1. The second kappa shape index (κ2) is 7.31. The van der Waals surface area contributed by atoms with Crippen LogP contribution in [0.25, 0.3) is 0 Å². The zero-order chi connectivity index (χ0) is 18.9. The quantitative estimate of drug-likeness (QED) is 0.856. The summed E-state index contributed by atoms with van der Waals surface area (Å²) >= 11 is 0. The van der Waals surface area contributed by atoms with Crippen LogP contribution in [0.5, 0.6) is 0 Å². The van der Waals surface area contributed by atoms with E-state index in [1.54, 1.807) is 11.4 Å². The Morgan fingerprint density at radius 1 is 1.27 bits per heavy atom. The summed E-state index contributed by atoms with van der Waals surface area (Å²) in [5.41, 5.74) is 2.61. The normalized spacial score (nSPS) is 22.5. The highest BCUT2D eigenvalue weighted by Gasteiger charge is 2.46. The molecule has 6 heteroatoms. The lowest BCUT2D eigenvalue weighted by molar-refractivity contribution is -0.121. The van der Waals surface area contributed by atoms with E-state index in [0.717, 1.165) is 19.3 Å². The molecule has 1 N–H and O–H groups in total. The van der Waals surface area contributed by atoms with Crippen molar-refractivity contribution >= 4 is 15.9 Å². The lowest BCUT2D eigenvalue weighted by Gasteiger charge is -2.40. The molecule has 0 bridgehead atoms. The minimum absolute atomic E-state index is 0.0130. The van der Waals surface area contributed by atoms with Crippen molar-refractivity contribution in [1.82, 2.24) is 9.62 Å². The van der Waals surface area contributed by atoms with Gasteiger partial charge in [-0.05, 0) is 47.6 Å². The smallest absolute Gasteiger partial charge is 0.220 e. The number of rotatable bonds is 5. The van der Waals surface area contributed by atoms with Gasteiger partial charge in [-0.25, -0.2) is 12.7 Å². The average molecular weight is 379 g/mol. The third kappa shape index (κ3) is 3.67. The van der Waals surface area contributed by atoms with Gasteiger partial charge in [-0.1, -0.05) is 38.1 Å². The molecule has 26 heavy (non-hydrogen) atoms. The second-order valence-corrected chi connectivity index (χ2v) is 10.2. The molecule has 1 spiro atoms. The summed E-state index contributed by atoms with van der Waals surface area (Å²) in [6.07, 6.45) is 3.12. The minimum Gasteiger partial charge on any atom is -0.359 e. The first-order chi connectivity index (χ1) is 12.3. The Labute approximate surface area is 157 Å². The van der Waals surface area contributed by atoms with E-state index in [1.165, 1.54) is 11.1 Å². The van der Waals surface area contributed by atoms with Crippen molar-refractivity contribution in [3.05, 3.63) is 35.4 Å². The third-order valence-corrected chi connectivity index (χ3v) is 8.18. The minimum atomic E-state index is -3.17. The Hall–Kier alpha value is -1.40. The molecule has 1 aromatic carbocycles.